The van der Waals surface area contributed by atoms with Gasteiger partial charge in [-0.05, 0) is 49.2 Å². The maximum atomic E-state index is 13.1. The summed E-state index contributed by atoms with van der Waals surface area (Å²) >= 11 is 0. The van der Waals surface area contributed by atoms with Gasteiger partial charge in [-0.25, -0.2) is 12.8 Å². The maximum Gasteiger partial charge on any atom is 0.243 e. The Balaban J connectivity index is 1.50. The van der Waals surface area contributed by atoms with Gasteiger partial charge in [-0.2, -0.15) is 4.31 Å². The molecule has 2 aromatic rings. The first-order valence-corrected chi connectivity index (χ1v) is 11.0. The first kappa shape index (κ1) is 21.8. The molecule has 1 aliphatic heterocycles. The number of piperidine rings is 1. The molecule has 3 rings (SSSR count). The quantitative estimate of drug-likeness (QED) is 0.690. The molecule has 1 fully saturated rings. The van der Waals surface area contributed by atoms with E-state index in [0.29, 0.717) is 25.1 Å². The molecule has 2 N–H and O–H groups in total. The predicted octanol–water partition coefficient (Wildman–Crippen LogP) is 1.77. The molecule has 30 heavy (non-hydrogen) atoms. The number of benzene rings is 1. The summed E-state index contributed by atoms with van der Waals surface area (Å²) in [6, 6.07) is 7.95. The number of anilines is 1. The molecule has 0 unspecified atom stereocenters. The van der Waals surface area contributed by atoms with Crippen LogP contribution < -0.4 is 10.6 Å². The number of carbonyl (C=O) groups excluding carboxylic acids is 2. The molecule has 160 valence electrons. The van der Waals surface area contributed by atoms with Crippen LogP contribution in [0, 0.1) is 11.7 Å². The maximum absolute atomic E-state index is 13.1. The smallest absolute Gasteiger partial charge is 0.243 e. The Morgan fingerprint density at radius 1 is 1.13 bits per heavy atom. The number of carbonyl (C=O) groups is 2. The monoisotopic (exact) mass is 434 g/mol. The summed E-state index contributed by atoms with van der Waals surface area (Å²) in [6.45, 7) is 0.504. The topological polar surface area (TPSA) is 108 Å². The lowest BCUT2D eigenvalue weighted by molar-refractivity contribution is -0.126. The zero-order chi connectivity index (χ0) is 21.6. The average Bonchev–Trinajstić information content (AvgIpc) is 2.75. The van der Waals surface area contributed by atoms with E-state index in [0.717, 1.165) is 12.1 Å². The minimum Gasteiger partial charge on any atom is -0.355 e. The van der Waals surface area contributed by atoms with E-state index in [-0.39, 0.29) is 36.2 Å². The third kappa shape index (κ3) is 5.61. The largest absolute Gasteiger partial charge is 0.355 e. The van der Waals surface area contributed by atoms with Gasteiger partial charge in [0.2, 0.25) is 21.8 Å². The molecule has 1 aromatic heterocycles. The van der Waals surface area contributed by atoms with Crippen LogP contribution in [0.25, 0.3) is 0 Å². The molecular weight excluding hydrogens is 411 g/mol. The molecule has 8 nitrogen and oxygen atoms in total. The minimum absolute atomic E-state index is 0.00209. The fourth-order valence-corrected chi connectivity index (χ4v) is 4.76. The molecule has 0 spiro atoms. The lowest BCUT2D eigenvalue weighted by Gasteiger charge is -2.31. The van der Waals surface area contributed by atoms with E-state index in [2.05, 4.69) is 15.6 Å². The first-order chi connectivity index (χ1) is 14.4. The van der Waals surface area contributed by atoms with Crippen LogP contribution in [-0.2, 0) is 19.6 Å². The van der Waals surface area contributed by atoms with Gasteiger partial charge in [0.25, 0.3) is 0 Å². The summed E-state index contributed by atoms with van der Waals surface area (Å²) in [5.74, 6) is -1.55. The van der Waals surface area contributed by atoms with Crippen LogP contribution in [0.5, 0.6) is 0 Å². The van der Waals surface area contributed by atoms with Crippen molar-refractivity contribution >= 4 is 27.5 Å². The average molecular weight is 434 g/mol. The van der Waals surface area contributed by atoms with Crippen LogP contribution in [0.3, 0.4) is 0 Å². The summed E-state index contributed by atoms with van der Waals surface area (Å²) in [6.07, 6.45) is 4.32. The number of sulfonamides is 1. The molecule has 1 aliphatic rings. The lowest BCUT2D eigenvalue weighted by atomic mass is 9.99. The number of nitrogens with one attached hydrogen (secondary N) is 2. The highest BCUT2D eigenvalue weighted by atomic mass is 32.2. The summed E-state index contributed by atoms with van der Waals surface area (Å²) in [7, 11) is -3.80. The van der Waals surface area contributed by atoms with Gasteiger partial charge in [0.15, 0.2) is 0 Å². The number of hydrogen-bond donors (Lipinski definition) is 2. The van der Waals surface area contributed by atoms with E-state index >= 15 is 0 Å². The molecule has 2 heterocycles. The van der Waals surface area contributed by atoms with Crippen LogP contribution in [0.1, 0.15) is 19.3 Å². The van der Waals surface area contributed by atoms with Gasteiger partial charge >= 0.3 is 0 Å². The van der Waals surface area contributed by atoms with E-state index < -0.39 is 21.8 Å². The second-order valence-corrected chi connectivity index (χ2v) is 8.92. The zero-order valence-corrected chi connectivity index (χ0v) is 17.1. The number of rotatable bonds is 7. The number of amides is 2. The Morgan fingerprint density at radius 3 is 2.53 bits per heavy atom. The minimum atomic E-state index is -3.80. The number of hydrogen-bond acceptors (Lipinski definition) is 5. The van der Waals surface area contributed by atoms with Crippen LogP contribution >= 0.6 is 0 Å². The second-order valence-electron chi connectivity index (χ2n) is 6.98. The Labute approximate surface area is 174 Å². The highest BCUT2D eigenvalue weighted by Crippen LogP contribution is 2.24. The molecular formula is C20H23FN4O4S. The molecule has 2 amide bonds. The third-order valence-electron chi connectivity index (χ3n) is 4.82. The van der Waals surface area contributed by atoms with Crippen molar-refractivity contribution in [1.29, 1.82) is 0 Å². The van der Waals surface area contributed by atoms with E-state index in [1.807, 2.05) is 0 Å². The Bertz CT molecular complexity index is 984. The molecule has 10 heteroatoms. The number of halogens is 1. The molecule has 0 aliphatic carbocycles. The van der Waals surface area contributed by atoms with E-state index in [1.54, 1.807) is 24.5 Å². The van der Waals surface area contributed by atoms with E-state index in [9.17, 15) is 22.4 Å². The van der Waals surface area contributed by atoms with Gasteiger partial charge in [0, 0.05) is 44.1 Å². The van der Waals surface area contributed by atoms with Gasteiger partial charge in [-0.1, -0.05) is 0 Å². The Hall–Kier alpha value is -2.85. The van der Waals surface area contributed by atoms with Crippen LogP contribution in [-0.4, -0.2) is 49.2 Å². The van der Waals surface area contributed by atoms with Gasteiger partial charge < -0.3 is 10.6 Å². The van der Waals surface area contributed by atoms with Gasteiger partial charge in [0.1, 0.15) is 5.82 Å². The van der Waals surface area contributed by atoms with Crippen LogP contribution in [0.4, 0.5) is 10.1 Å². The van der Waals surface area contributed by atoms with Crippen molar-refractivity contribution in [1.82, 2.24) is 14.6 Å². The number of pyridine rings is 1. The second kappa shape index (κ2) is 9.77. The molecule has 1 atom stereocenters. The lowest BCUT2D eigenvalue weighted by Crippen LogP contribution is -2.45. The van der Waals surface area contributed by atoms with Gasteiger partial charge in [-0.3, -0.25) is 14.6 Å². The van der Waals surface area contributed by atoms with Crippen molar-refractivity contribution in [2.75, 3.05) is 25.0 Å². The molecule has 1 aromatic carbocycles. The highest BCUT2D eigenvalue weighted by Gasteiger charge is 2.33. The SMILES string of the molecule is O=C(CCNC(=O)[C@@H]1CCCN(S(=O)(=O)c2ccc(F)cc2)C1)Nc1ccncc1. The van der Waals surface area contributed by atoms with E-state index in [4.69, 9.17) is 0 Å². The highest BCUT2D eigenvalue weighted by molar-refractivity contribution is 7.89. The van der Waals surface area contributed by atoms with E-state index in [1.165, 1.54) is 16.4 Å². The Morgan fingerprint density at radius 2 is 1.83 bits per heavy atom. The van der Waals surface area contributed by atoms with Crippen molar-refractivity contribution in [3.8, 4) is 0 Å². The fourth-order valence-electron chi connectivity index (χ4n) is 3.23. The summed E-state index contributed by atoms with van der Waals surface area (Å²) < 4.78 is 39.9. The molecule has 0 bridgehead atoms. The van der Waals surface area contributed by atoms with Gasteiger partial charge in [-0.15, -0.1) is 0 Å². The van der Waals surface area contributed by atoms with Crippen molar-refractivity contribution < 1.29 is 22.4 Å². The first-order valence-electron chi connectivity index (χ1n) is 9.59. The van der Waals surface area contributed by atoms with Crippen molar-refractivity contribution in [2.45, 2.75) is 24.2 Å². The summed E-state index contributed by atoms with van der Waals surface area (Å²) in [5.41, 5.74) is 0.621. The summed E-state index contributed by atoms with van der Waals surface area (Å²) in [5, 5.41) is 5.40. The zero-order valence-electron chi connectivity index (χ0n) is 16.3. The van der Waals surface area contributed by atoms with Crippen molar-refractivity contribution in [2.24, 2.45) is 5.92 Å². The predicted molar refractivity (Wildman–Crippen MR) is 108 cm³/mol. The van der Waals surface area contributed by atoms with Gasteiger partial charge in [0.05, 0.1) is 10.8 Å². The molecule has 0 radical (unpaired) electrons. The number of aromatic nitrogens is 1. The molecule has 0 saturated carbocycles. The van der Waals surface area contributed by atoms with Crippen molar-refractivity contribution in [3.05, 3.63) is 54.6 Å². The summed E-state index contributed by atoms with van der Waals surface area (Å²) in [4.78, 5) is 28.3. The van der Waals surface area contributed by atoms with Crippen LogP contribution in [0.2, 0.25) is 0 Å². The standard InChI is InChI=1S/C20H23FN4O4S/c21-16-3-5-18(6-4-16)30(28,29)25-13-1-2-15(14-25)20(27)23-12-9-19(26)24-17-7-10-22-11-8-17/h3-8,10-11,15H,1-2,9,12-14H2,(H,23,27)(H,22,24,26)/t15-/m1/s1. The van der Waals surface area contributed by atoms with Crippen molar-refractivity contribution in [3.63, 3.8) is 0 Å². The Kier molecular flexibility index (Phi) is 7.11. The molecule has 1 saturated heterocycles. The van der Waals surface area contributed by atoms with Crippen LogP contribution in [0.15, 0.2) is 53.7 Å². The number of nitrogens with zero attached hydrogens (tertiary/aromatic N) is 2. The third-order valence-corrected chi connectivity index (χ3v) is 6.70. The normalized spacial score (nSPS) is 17.3. The fraction of sp³-hybridized carbons (Fsp3) is 0.350.